The van der Waals surface area contributed by atoms with Crippen molar-refractivity contribution in [3.8, 4) is 21.1 Å². The SMILES string of the molecule is CC(C)(C)c1ccc2[nH]c3c(-c4nc5cc6sc(-c7cc(C(C)(C)C)cc8c7[nH]c7ccc(C(C)(C)C)cc78)nc6cc5s4)cc(C(C)(C)C)cc3c2c1. The fourth-order valence-corrected chi connectivity index (χ4v) is 9.72. The Balaban J connectivity index is 1.20. The second kappa shape index (κ2) is 11.5. The van der Waals surface area contributed by atoms with Crippen LogP contribution < -0.4 is 0 Å². The molecule has 9 rings (SSSR count). The largest absolute Gasteiger partial charge is 0.354 e. The molecule has 6 heteroatoms. The molecule has 4 aromatic heterocycles. The number of benzene rings is 5. The van der Waals surface area contributed by atoms with Crippen molar-refractivity contribution in [1.29, 1.82) is 0 Å². The van der Waals surface area contributed by atoms with Crippen molar-refractivity contribution in [3.05, 3.63) is 95.1 Å². The van der Waals surface area contributed by atoms with Crippen LogP contribution in [0.15, 0.2) is 72.8 Å². The number of hydrogen-bond donors (Lipinski definition) is 2. The lowest BCUT2D eigenvalue weighted by Crippen LogP contribution is -2.11. The number of aromatic amines is 2. The zero-order chi connectivity index (χ0) is 38.3. The number of fused-ring (bicyclic) bond motifs is 8. The average Bonchev–Trinajstić information content (AvgIpc) is 3.85. The van der Waals surface area contributed by atoms with E-state index < -0.39 is 0 Å². The summed E-state index contributed by atoms with van der Waals surface area (Å²) in [7, 11) is 0. The first-order chi connectivity index (χ1) is 25.2. The molecule has 0 spiro atoms. The quantitative estimate of drug-likeness (QED) is 0.185. The van der Waals surface area contributed by atoms with Crippen LogP contribution in [0.3, 0.4) is 0 Å². The average molecular weight is 747 g/mol. The van der Waals surface area contributed by atoms with Crippen molar-refractivity contribution in [3.63, 3.8) is 0 Å². The molecule has 5 aromatic carbocycles. The predicted molar refractivity (Wildman–Crippen MR) is 237 cm³/mol. The molecule has 0 saturated heterocycles. The molecule has 0 saturated carbocycles. The highest BCUT2D eigenvalue weighted by atomic mass is 32.1. The van der Waals surface area contributed by atoms with Gasteiger partial charge in [-0.1, -0.05) is 95.2 Å². The normalized spacial score (nSPS) is 13.6. The van der Waals surface area contributed by atoms with Gasteiger partial charge in [-0.25, -0.2) is 9.97 Å². The van der Waals surface area contributed by atoms with Crippen LogP contribution >= 0.6 is 22.7 Å². The minimum Gasteiger partial charge on any atom is -0.354 e. The molecule has 54 heavy (non-hydrogen) atoms. The minimum absolute atomic E-state index is 0.0106. The number of nitrogens with zero attached hydrogens (tertiary/aromatic N) is 2. The van der Waals surface area contributed by atoms with E-state index in [1.807, 2.05) is 0 Å². The van der Waals surface area contributed by atoms with Crippen LogP contribution in [0.25, 0.3) is 85.2 Å². The molecular weight excluding hydrogens is 697 g/mol. The third-order valence-electron chi connectivity index (χ3n) is 11.2. The fourth-order valence-electron chi connectivity index (χ4n) is 7.72. The molecule has 0 fully saturated rings. The zero-order valence-corrected chi connectivity index (χ0v) is 35.3. The molecular formula is C48H50N4S2. The highest BCUT2D eigenvalue weighted by Crippen LogP contribution is 2.45. The van der Waals surface area contributed by atoms with Gasteiger partial charge in [0.25, 0.3) is 0 Å². The Bertz CT molecular complexity index is 2720. The number of hydrogen-bond acceptors (Lipinski definition) is 4. The molecule has 9 aromatic rings. The molecule has 0 aliphatic heterocycles. The lowest BCUT2D eigenvalue weighted by atomic mass is 9.84. The fraction of sp³-hybridized carbons (Fsp3) is 0.333. The molecule has 0 aliphatic rings. The Hall–Kier alpha value is -4.52. The van der Waals surface area contributed by atoms with Gasteiger partial charge in [-0.2, -0.15) is 0 Å². The third-order valence-corrected chi connectivity index (χ3v) is 13.3. The summed E-state index contributed by atoms with van der Waals surface area (Å²) in [5, 5.41) is 7.15. The lowest BCUT2D eigenvalue weighted by molar-refractivity contribution is 0.590. The smallest absolute Gasteiger partial charge is 0.126 e. The molecule has 0 amide bonds. The van der Waals surface area contributed by atoms with Crippen LogP contribution in [-0.2, 0) is 21.7 Å². The van der Waals surface area contributed by atoms with Gasteiger partial charge in [0.15, 0.2) is 0 Å². The molecule has 0 aliphatic carbocycles. The number of H-pyrrole nitrogens is 2. The summed E-state index contributed by atoms with van der Waals surface area (Å²) < 4.78 is 2.31. The van der Waals surface area contributed by atoms with Crippen molar-refractivity contribution in [2.75, 3.05) is 0 Å². The minimum atomic E-state index is -0.0106. The summed E-state index contributed by atoms with van der Waals surface area (Å²) in [5.74, 6) is 0. The maximum absolute atomic E-state index is 5.34. The van der Waals surface area contributed by atoms with E-state index in [1.54, 1.807) is 22.7 Å². The van der Waals surface area contributed by atoms with Crippen LogP contribution in [-0.4, -0.2) is 19.9 Å². The second-order valence-electron chi connectivity index (χ2n) is 19.5. The summed E-state index contributed by atoms with van der Waals surface area (Å²) in [6, 6.07) is 27.8. The molecule has 0 bridgehead atoms. The predicted octanol–water partition coefficient (Wildman–Crippen LogP) is 14.7. The highest BCUT2D eigenvalue weighted by Gasteiger charge is 2.25. The van der Waals surface area contributed by atoms with Gasteiger partial charge in [0.1, 0.15) is 10.0 Å². The van der Waals surface area contributed by atoms with Crippen LogP contribution in [0.1, 0.15) is 105 Å². The van der Waals surface area contributed by atoms with Gasteiger partial charge >= 0.3 is 0 Å². The van der Waals surface area contributed by atoms with E-state index in [0.29, 0.717) is 0 Å². The number of aromatic nitrogens is 4. The number of rotatable bonds is 2. The summed E-state index contributed by atoms with van der Waals surface area (Å²) in [5.41, 5.74) is 14.4. The van der Waals surface area contributed by atoms with Crippen LogP contribution in [0.5, 0.6) is 0 Å². The summed E-state index contributed by atoms with van der Waals surface area (Å²) in [4.78, 5) is 18.3. The van der Waals surface area contributed by atoms with Gasteiger partial charge in [-0.05, 0) is 105 Å². The standard InChI is InChI=1S/C48H50N4S2/c1-45(2,3)25-13-15-35-29(17-25)31-19-27(47(7,8)9)21-33(41(31)49-35)43-51-37-23-40-38(24-39(37)53-43)52-44(54-40)34-22-28(48(10,11)12)20-32-30-18-26(46(4,5)6)14-16-36(30)50-42(32)34/h13-24,49-50H,1-12H3. The van der Waals surface area contributed by atoms with Crippen molar-refractivity contribution in [2.24, 2.45) is 0 Å². The second-order valence-corrected chi connectivity index (χ2v) is 21.6. The van der Waals surface area contributed by atoms with Gasteiger partial charge in [-0.3, -0.25) is 0 Å². The Morgan fingerprint density at radius 3 is 1.11 bits per heavy atom. The van der Waals surface area contributed by atoms with Crippen molar-refractivity contribution >= 4 is 86.7 Å². The Morgan fingerprint density at radius 2 is 0.759 bits per heavy atom. The van der Waals surface area contributed by atoms with Gasteiger partial charge in [-0.15, -0.1) is 22.7 Å². The van der Waals surface area contributed by atoms with E-state index in [-0.39, 0.29) is 21.7 Å². The van der Waals surface area contributed by atoms with Gasteiger partial charge in [0.2, 0.25) is 0 Å². The molecule has 4 nitrogen and oxygen atoms in total. The molecule has 2 N–H and O–H groups in total. The zero-order valence-electron chi connectivity index (χ0n) is 33.6. The van der Waals surface area contributed by atoms with Gasteiger partial charge in [0, 0.05) is 43.7 Å². The summed E-state index contributed by atoms with van der Waals surface area (Å²) >= 11 is 3.53. The van der Waals surface area contributed by atoms with Crippen LogP contribution in [0.4, 0.5) is 0 Å². The monoisotopic (exact) mass is 746 g/mol. The first-order valence-electron chi connectivity index (χ1n) is 19.2. The highest BCUT2D eigenvalue weighted by molar-refractivity contribution is 7.23. The molecule has 274 valence electrons. The molecule has 0 unspecified atom stereocenters. The van der Waals surface area contributed by atoms with E-state index in [2.05, 4.69) is 166 Å². The Morgan fingerprint density at radius 1 is 0.407 bits per heavy atom. The van der Waals surface area contributed by atoms with Crippen LogP contribution in [0.2, 0.25) is 0 Å². The third kappa shape index (κ3) is 5.76. The lowest BCUT2D eigenvalue weighted by Gasteiger charge is -2.21. The van der Waals surface area contributed by atoms with E-state index in [1.165, 1.54) is 54.9 Å². The topological polar surface area (TPSA) is 57.4 Å². The van der Waals surface area contributed by atoms with E-state index in [4.69, 9.17) is 9.97 Å². The Labute approximate surface area is 326 Å². The van der Waals surface area contributed by atoms with Gasteiger partial charge in [0.05, 0.1) is 31.5 Å². The number of thiazole rings is 2. The molecule has 0 radical (unpaired) electrons. The van der Waals surface area contributed by atoms with E-state index in [9.17, 15) is 0 Å². The van der Waals surface area contributed by atoms with E-state index >= 15 is 0 Å². The first kappa shape index (κ1) is 35.2. The van der Waals surface area contributed by atoms with Gasteiger partial charge < -0.3 is 9.97 Å². The molecule has 4 heterocycles. The maximum atomic E-state index is 5.34. The summed E-state index contributed by atoms with van der Waals surface area (Å²) in [6.07, 6.45) is 0. The maximum Gasteiger partial charge on any atom is 0.126 e. The Kier molecular flexibility index (Phi) is 7.50. The summed E-state index contributed by atoms with van der Waals surface area (Å²) in [6.45, 7) is 27.5. The van der Waals surface area contributed by atoms with Crippen molar-refractivity contribution in [2.45, 2.75) is 105 Å². The van der Waals surface area contributed by atoms with Crippen LogP contribution in [0, 0.1) is 0 Å². The van der Waals surface area contributed by atoms with Crippen molar-refractivity contribution < 1.29 is 0 Å². The number of nitrogens with one attached hydrogen (secondary N) is 2. The molecule has 0 atom stereocenters. The first-order valence-corrected chi connectivity index (χ1v) is 20.8. The van der Waals surface area contributed by atoms with E-state index in [0.717, 1.165) is 52.5 Å². The van der Waals surface area contributed by atoms with Crippen molar-refractivity contribution in [1.82, 2.24) is 19.9 Å².